The lowest BCUT2D eigenvalue weighted by molar-refractivity contribution is -0.125. The Morgan fingerprint density at radius 3 is 2.58 bits per heavy atom. The maximum atomic E-state index is 12.8. The highest BCUT2D eigenvalue weighted by Gasteiger charge is 2.19. The van der Waals surface area contributed by atoms with Gasteiger partial charge in [0, 0.05) is 35.7 Å². The second-order valence-electron chi connectivity index (χ2n) is 7.17. The van der Waals surface area contributed by atoms with Crippen LogP contribution < -0.4 is 4.74 Å². The molecule has 0 spiro atoms. The molecular formula is C22H29NO3. The molecule has 26 heavy (non-hydrogen) atoms. The normalized spacial score (nSPS) is 16.0. The van der Waals surface area contributed by atoms with E-state index in [1.165, 1.54) is 12.8 Å². The number of carbonyl (C=O) groups is 1. The molecule has 0 atom stereocenters. The molecular weight excluding hydrogens is 326 g/mol. The Morgan fingerprint density at radius 1 is 1.23 bits per heavy atom. The molecule has 0 aliphatic carbocycles. The van der Waals surface area contributed by atoms with Gasteiger partial charge < -0.3 is 14.1 Å². The van der Waals surface area contributed by atoms with Gasteiger partial charge in [0.15, 0.2) is 0 Å². The number of carbonyl (C=O) groups excluding carboxylic acids is 1. The molecule has 0 bridgehead atoms. The maximum Gasteiger partial charge on any atom is 0.246 e. The summed E-state index contributed by atoms with van der Waals surface area (Å²) in [5.74, 6) is 0.917. The number of aryl methyl sites for hydroxylation is 2. The molecule has 1 fully saturated rings. The van der Waals surface area contributed by atoms with Crippen LogP contribution in [0.2, 0.25) is 0 Å². The molecule has 4 nitrogen and oxygen atoms in total. The molecule has 1 aliphatic heterocycles. The fourth-order valence-corrected chi connectivity index (χ4v) is 3.71. The summed E-state index contributed by atoms with van der Waals surface area (Å²) < 4.78 is 11.6. The number of furan rings is 1. The van der Waals surface area contributed by atoms with Gasteiger partial charge in [-0.25, -0.2) is 0 Å². The van der Waals surface area contributed by atoms with Crippen LogP contribution >= 0.6 is 0 Å². The Morgan fingerprint density at radius 2 is 1.92 bits per heavy atom. The Bertz CT molecular complexity index is 824. The van der Waals surface area contributed by atoms with Crippen molar-refractivity contribution in [3.8, 4) is 5.75 Å². The van der Waals surface area contributed by atoms with Gasteiger partial charge in [-0.05, 0) is 57.7 Å². The summed E-state index contributed by atoms with van der Waals surface area (Å²) in [6, 6.07) is 2.09. The van der Waals surface area contributed by atoms with Gasteiger partial charge in [0.05, 0.1) is 12.9 Å². The van der Waals surface area contributed by atoms with E-state index in [1.54, 1.807) is 12.3 Å². The Hall–Kier alpha value is -2.23. The second-order valence-corrected chi connectivity index (χ2v) is 7.17. The highest BCUT2D eigenvalue weighted by molar-refractivity contribution is 5.98. The highest BCUT2D eigenvalue weighted by atomic mass is 16.5. The first-order valence-corrected chi connectivity index (χ1v) is 9.64. The Balaban J connectivity index is 2.00. The van der Waals surface area contributed by atoms with Crippen molar-refractivity contribution in [2.24, 2.45) is 0 Å². The third-order valence-electron chi connectivity index (χ3n) is 5.21. The molecule has 1 saturated heterocycles. The van der Waals surface area contributed by atoms with E-state index in [2.05, 4.69) is 6.07 Å². The summed E-state index contributed by atoms with van der Waals surface area (Å²) in [5, 5.41) is 1.08. The quantitative estimate of drug-likeness (QED) is 0.703. The first-order valence-electron chi connectivity index (χ1n) is 9.64. The van der Waals surface area contributed by atoms with E-state index in [4.69, 9.17) is 9.15 Å². The number of rotatable bonds is 4. The predicted octanol–water partition coefficient (Wildman–Crippen LogP) is 5.25. The summed E-state index contributed by atoms with van der Waals surface area (Å²) in [7, 11) is 0. The number of likely N-dealkylation sites (tertiary alicyclic amines) is 1. The number of allylic oxidation sites excluding steroid dienone is 1. The lowest BCUT2D eigenvalue weighted by atomic mass is 9.98. The fourth-order valence-electron chi connectivity index (χ4n) is 3.71. The van der Waals surface area contributed by atoms with Gasteiger partial charge in [-0.1, -0.05) is 12.8 Å². The standard InChI is InChI=1S/C22H29NO3/c1-5-25-21-17(4)22-19(16(3)14-26-22)13-18(21)15(2)12-20(24)23-10-8-6-7-9-11-23/h12-14H,5-11H2,1-4H3/b15-12+. The van der Waals surface area contributed by atoms with Crippen molar-refractivity contribution in [2.75, 3.05) is 19.7 Å². The number of nitrogens with zero attached hydrogens (tertiary/aromatic N) is 1. The van der Waals surface area contributed by atoms with Crippen LogP contribution in [-0.2, 0) is 4.79 Å². The third-order valence-corrected chi connectivity index (χ3v) is 5.21. The molecule has 0 N–H and O–H groups in total. The summed E-state index contributed by atoms with van der Waals surface area (Å²) in [6.45, 7) is 10.3. The van der Waals surface area contributed by atoms with Gasteiger partial charge in [-0.2, -0.15) is 0 Å². The number of hydrogen-bond donors (Lipinski definition) is 0. The van der Waals surface area contributed by atoms with E-state index < -0.39 is 0 Å². The van der Waals surface area contributed by atoms with Crippen molar-refractivity contribution < 1.29 is 13.9 Å². The zero-order chi connectivity index (χ0) is 18.7. The van der Waals surface area contributed by atoms with Gasteiger partial charge in [-0.3, -0.25) is 4.79 Å². The van der Waals surface area contributed by atoms with E-state index in [0.29, 0.717) is 6.61 Å². The SMILES string of the molecule is CCOc1c(/C(C)=C/C(=O)N2CCCCCC2)cc2c(C)coc2c1C. The summed E-state index contributed by atoms with van der Waals surface area (Å²) in [6.07, 6.45) is 8.18. The van der Waals surface area contributed by atoms with E-state index in [-0.39, 0.29) is 5.91 Å². The number of benzene rings is 1. The highest BCUT2D eigenvalue weighted by Crippen LogP contribution is 2.37. The first kappa shape index (κ1) is 18.6. The fraction of sp³-hybridized carbons (Fsp3) is 0.500. The van der Waals surface area contributed by atoms with Crippen LogP contribution in [0.3, 0.4) is 0 Å². The van der Waals surface area contributed by atoms with Gasteiger partial charge in [0.1, 0.15) is 11.3 Å². The number of fused-ring (bicyclic) bond motifs is 1. The van der Waals surface area contributed by atoms with E-state index in [1.807, 2.05) is 32.6 Å². The van der Waals surface area contributed by atoms with Crippen molar-refractivity contribution in [3.05, 3.63) is 35.1 Å². The van der Waals surface area contributed by atoms with Crippen LogP contribution in [0.25, 0.3) is 16.5 Å². The number of hydrogen-bond acceptors (Lipinski definition) is 3. The molecule has 0 radical (unpaired) electrons. The summed E-state index contributed by atoms with van der Waals surface area (Å²) >= 11 is 0. The van der Waals surface area contributed by atoms with Crippen molar-refractivity contribution in [1.82, 2.24) is 4.90 Å². The molecule has 1 aromatic carbocycles. The molecule has 1 aliphatic rings. The predicted molar refractivity (Wildman–Crippen MR) is 106 cm³/mol. The number of ether oxygens (including phenoxy) is 1. The van der Waals surface area contributed by atoms with Crippen molar-refractivity contribution in [3.63, 3.8) is 0 Å². The van der Waals surface area contributed by atoms with Crippen LogP contribution in [0.4, 0.5) is 0 Å². The van der Waals surface area contributed by atoms with Crippen LogP contribution in [0, 0.1) is 13.8 Å². The zero-order valence-corrected chi connectivity index (χ0v) is 16.4. The number of amides is 1. The van der Waals surface area contributed by atoms with Crippen LogP contribution in [0.15, 0.2) is 22.8 Å². The van der Waals surface area contributed by atoms with Crippen LogP contribution in [-0.4, -0.2) is 30.5 Å². The topological polar surface area (TPSA) is 42.7 Å². The summed E-state index contributed by atoms with van der Waals surface area (Å²) in [5.41, 5.74) is 4.86. The molecule has 2 heterocycles. The van der Waals surface area contributed by atoms with Gasteiger partial charge >= 0.3 is 0 Å². The van der Waals surface area contributed by atoms with E-state index in [0.717, 1.165) is 64.9 Å². The third kappa shape index (κ3) is 3.64. The molecule has 1 aromatic heterocycles. The first-order chi connectivity index (χ1) is 12.5. The zero-order valence-electron chi connectivity index (χ0n) is 16.4. The van der Waals surface area contributed by atoms with Gasteiger partial charge in [0.2, 0.25) is 5.91 Å². The Kier molecular flexibility index (Phi) is 5.70. The van der Waals surface area contributed by atoms with Crippen molar-refractivity contribution in [1.29, 1.82) is 0 Å². The molecule has 1 amide bonds. The molecule has 140 valence electrons. The molecule has 0 unspecified atom stereocenters. The molecule has 4 heteroatoms. The minimum Gasteiger partial charge on any atom is -0.493 e. The lowest BCUT2D eigenvalue weighted by Gasteiger charge is -2.19. The molecule has 0 saturated carbocycles. The average molecular weight is 355 g/mol. The largest absolute Gasteiger partial charge is 0.493 e. The van der Waals surface area contributed by atoms with E-state index in [9.17, 15) is 4.79 Å². The lowest BCUT2D eigenvalue weighted by Crippen LogP contribution is -2.30. The average Bonchev–Trinajstić information content (AvgIpc) is 2.83. The van der Waals surface area contributed by atoms with Crippen LogP contribution in [0.5, 0.6) is 5.75 Å². The van der Waals surface area contributed by atoms with E-state index >= 15 is 0 Å². The molecule has 3 rings (SSSR count). The minimum absolute atomic E-state index is 0.105. The maximum absolute atomic E-state index is 12.8. The second kappa shape index (κ2) is 7.98. The monoisotopic (exact) mass is 355 g/mol. The van der Waals surface area contributed by atoms with Gasteiger partial charge in [-0.15, -0.1) is 0 Å². The van der Waals surface area contributed by atoms with Gasteiger partial charge in [0.25, 0.3) is 0 Å². The van der Waals surface area contributed by atoms with Crippen LogP contribution in [0.1, 0.15) is 56.2 Å². The van der Waals surface area contributed by atoms with Crippen molar-refractivity contribution in [2.45, 2.75) is 53.4 Å². The summed E-state index contributed by atoms with van der Waals surface area (Å²) in [4.78, 5) is 14.7. The molecule has 2 aromatic rings. The minimum atomic E-state index is 0.105. The smallest absolute Gasteiger partial charge is 0.246 e. The Labute approximate surface area is 155 Å². The van der Waals surface area contributed by atoms with Crippen molar-refractivity contribution >= 4 is 22.4 Å².